The summed E-state index contributed by atoms with van der Waals surface area (Å²) in [5.41, 5.74) is 0.682. The van der Waals surface area contributed by atoms with Gasteiger partial charge < -0.3 is 4.74 Å². The van der Waals surface area contributed by atoms with Crippen LogP contribution in [0.5, 0.6) is 0 Å². The molecule has 0 atom stereocenters. The van der Waals surface area contributed by atoms with Crippen LogP contribution in [0.25, 0.3) is 0 Å². The van der Waals surface area contributed by atoms with Crippen molar-refractivity contribution in [3.05, 3.63) is 36.8 Å². The molecular weight excluding hydrogens is 226 g/mol. The van der Waals surface area contributed by atoms with Crippen molar-refractivity contribution in [2.24, 2.45) is 0 Å². The number of sulfonamides is 1. The fourth-order valence-corrected chi connectivity index (χ4v) is 2.45. The van der Waals surface area contributed by atoms with Gasteiger partial charge in [0.1, 0.15) is 0 Å². The van der Waals surface area contributed by atoms with E-state index < -0.39 is 10.0 Å². The van der Waals surface area contributed by atoms with E-state index >= 15 is 0 Å². The van der Waals surface area contributed by atoms with Gasteiger partial charge in [-0.2, -0.15) is 4.31 Å². The van der Waals surface area contributed by atoms with Crippen LogP contribution in [-0.2, 0) is 14.8 Å². The molecule has 5 heteroatoms. The molecule has 4 nitrogen and oxygen atoms in total. The van der Waals surface area contributed by atoms with Gasteiger partial charge in [-0.25, -0.2) is 8.42 Å². The van der Waals surface area contributed by atoms with Gasteiger partial charge in [0.15, 0.2) is 0 Å². The fourth-order valence-electron chi connectivity index (χ4n) is 1.23. The van der Waals surface area contributed by atoms with Crippen LogP contribution in [0.4, 0.5) is 0 Å². The van der Waals surface area contributed by atoms with Gasteiger partial charge >= 0.3 is 0 Å². The highest BCUT2D eigenvalue weighted by Crippen LogP contribution is 2.15. The first-order valence-corrected chi connectivity index (χ1v) is 6.30. The van der Waals surface area contributed by atoms with Crippen molar-refractivity contribution < 1.29 is 13.2 Å². The van der Waals surface area contributed by atoms with Crippen LogP contribution in [0.1, 0.15) is 5.56 Å². The second kappa shape index (κ2) is 5.43. The predicted octanol–water partition coefficient (Wildman–Crippen LogP) is 1.14. The summed E-state index contributed by atoms with van der Waals surface area (Å²) in [6.07, 6.45) is 0. The minimum atomic E-state index is -3.42. The highest BCUT2D eigenvalue weighted by Gasteiger charge is 2.19. The summed E-state index contributed by atoms with van der Waals surface area (Å²) in [5, 5.41) is 0. The molecule has 1 aromatic rings. The number of benzene rings is 1. The molecular formula is C11H16NO3S. The third-order valence-electron chi connectivity index (χ3n) is 2.22. The lowest BCUT2D eigenvalue weighted by Crippen LogP contribution is -2.30. The minimum absolute atomic E-state index is 0.263. The van der Waals surface area contributed by atoms with Crippen molar-refractivity contribution in [3.8, 4) is 0 Å². The number of methoxy groups -OCH3 is 1. The number of nitrogens with zero attached hydrogens (tertiary/aromatic N) is 1. The molecule has 0 aliphatic carbocycles. The Bertz CT molecular complexity index is 442. The van der Waals surface area contributed by atoms with Gasteiger partial charge in [0.25, 0.3) is 0 Å². The molecule has 1 radical (unpaired) electrons. The topological polar surface area (TPSA) is 46.6 Å². The molecule has 89 valence electrons. The van der Waals surface area contributed by atoms with Gasteiger partial charge in [-0.15, -0.1) is 0 Å². The van der Waals surface area contributed by atoms with E-state index in [1.165, 1.54) is 18.5 Å². The van der Waals surface area contributed by atoms with Crippen LogP contribution in [0.2, 0.25) is 0 Å². The average Bonchev–Trinajstić information content (AvgIpc) is 2.25. The molecule has 0 aromatic heterocycles. The molecule has 0 saturated carbocycles. The summed E-state index contributed by atoms with van der Waals surface area (Å²) in [5.74, 6) is 0. The first-order valence-electron chi connectivity index (χ1n) is 4.86. The van der Waals surface area contributed by atoms with E-state index in [0.717, 1.165) is 0 Å². The zero-order chi connectivity index (χ0) is 12.2. The number of hydrogen-bond acceptors (Lipinski definition) is 3. The lowest BCUT2D eigenvalue weighted by molar-refractivity contribution is 0.185. The van der Waals surface area contributed by atoms with Crippen molar-refractivity contribution in [2.75, 3.05) is 27.3 Å². The molecule has 0 heterocycles. The average molecular weight is 242 g/mol. The molecule has 0 spiro atoms. The Kier molecular flexibility index (Phi) is 4.46. The van der Waals surface area contributed by atoms with Gasteiger partial charge in [0.2, 0.25) is 10.0 Å². The summed E-state index contributed by atoms with van der Waals surface area (Å²) in [6.45, 7) is 4.42. The largest absolute Gasteiger partial charge is 0.383 e. The standard InChI is InChI=1S/C11H16NO3S/c1-10-5-4-6-11(9-10)16(13,14)12(2)7-8-15-3/h4-6,9H,1,7-8H2,2-3H3. The monoisotopic (exact) mass is 242 g/mol. The van der Waals surface area contributed by atoms with Crippen LogP contribution >= 0.6 is 0 Å². The van der Waals surface area contributed by atoms with Crippen LogP contribution in [0.15, 0.2) is 29.2 Å². The summed E-state index contributed by atoms with van der Waals surface area (Å²) < 4.78 is 30.2. The smallest absolute Gasteiger partial charge is 0.242 e. The maximum Gasteiger partial charge on any atom is 0.242 e. The highest BCUT2D eigenvalue weighted by molar-refractivity contribution is 7.89. The lowest BCUT2D eigenvalue weighted by atomic mass is 10.2. The van der Waals surface area contributed by atoms with Crippen LogP contribution in [0.3, 0.4) is 0 Å². The molecule has 0 saturated heterocycles. The highest BCUT2D eigenvalue weighted by atomic mass is 32.2. The number of rotatable bonds is 5. The quantitative estimate of drug-likeness (QED) is 0.777. The van der Waals surface area contributed by atoms with Crippen molar-refractivity contribution in [1.82, 2.24) is 4.31 Å². The maximum absolute atomic E-state index is 12.0. The van der Waals surface area contributed by atoms with E-state index in [1.54, 1.807) is 24.3 Å². The van der Waals surface area contributed by atoms with E-state index in [9.17, 15) is 8.42 Å². The first-order chi connectivity index (χ1) is 7.48. The molecule has 0 aliphatic heterocycles. The van der Waals surface area contributed by atoms with Crippen molar-refractivity contribution in [3.63, 3.8) is 0 Å². The Morgan fingerprint density at radius 1 is 1.44 bits per heavy atom. The van der Waals surface area contributed by atoms with Crippen LogP contribution < -0.4 is 0 Å². The molecule has 0 fully saturated rings. The van der Waals surface area contributed by atoms with Gasteiger partial charge in [-0.05, 0) is 24.6 Å². The Morgan fingerprint density at radius 3 is 2.69 bits per heavy atom. The fraction of sp³-hybridized carbons (Fsp3) is 0.364. The summed E-state index contributed by atoms with van der Waals surface area (Å²) >= 11 is 0. The van der Waals surface area contributed by atoms with Gasteiger partial charge in [-0.3, -0.25) is 0 Å². The van der Waals surface area contributed by atoms with E-state index in [2.05, 4.69) is 6.92 Å². The zero-order valence-electron chi connectivity index (χ0n) is 9.51. The molecule has 1 aromatic carbocycles. The maximum atomic E-state index is 12.0. The van der Waals surface area contributed by atoms with E-state index in [-0.39, 0.29) is 4.90 Å². The lowest BCUT2D eigenvalue weighted by Gasteiger charge is -2.16. The molecule has 0 amide bonds. The second-order valence-corrected chi connectivity index (χ2v) is 5.51. The van der Waals surface area contributed by atoms with E-state index in [4.69, 9.17) is 4.74 Å². The Labute approximate surface area is 96.9 Å². The minimum Gasteiger partial charge on any atom is -0.383 e. The summed E-state index contributed by atoms with van der Waals surface area (Å²) in [7, 11) is -0.350. The zero-order valence-corrected chi connectivity index (χ0v) is 10.3. The predicted molar refractivity (Wildman–Crippen MR) is 62.6 cm³/mol. The van der Waals surface area contributed by atoms with Crippen molar-refractivity contribution in [1.29, 1.82) is 0 Å². The Hall–Kier alpha value is -0.910. The molecule has 0 unspecified atom stereocenters. The first kappa shape index (κ1) is 13.2. The Balaban J connectivity index is 2.93. The SMILES string of the molecule is [CH2]c1cccc(S(=O)(=O)N(C)CCOC)c1. The van der Waals surface area contributed by atoms with Crippen LogP contribution in [-0.4, -0.2) is 40.0 Å². The van der Waals surface area contributed by atoms with E-state index in [1.807, 2.05) is 0 Å². The molecule has 1 rings (SSSR count). The number of ether oxygens (including phenoxy) is 1. The number of hydrogen-bond donors (Lipinski definition) is 0. The third kappa shape index (κ3) is 3.04. The molecule has 0 aliphatic rings. The molecule has 0 N–H and O–H groups in total. The molecule has 0 bridgehead atoms. The van der Waals surface area contributed by atoms with Gasteiger partial charge in [-0.1, -0.05) is 12.1 Å². The Morgan fingerprint density at radius 2 is 2.12 bits per heavy atom. The van der Waals surface area contributed by atoms with Gasteiger partial charge in [0, 0.05) is 20.7 Å². The van der Waals surface area contributed by atoms with Crippen molar-refractivity contribution in [2.45, 2.75) is 4.90 Å². The summed E-state index contributed by atoms with van der Waals surface area (Å²) in [6, 6.07) is 6.56. The normalized spacial score (nSPS) is 12.0. The van der Waals surface area contributed by atoms with Crippen LogP contribution in [0, 0.1) is 6.92 Å². The van der Waals surface area contributed by atoms with E-state index in [0.29, 0.717) is 18.7 Å². The van der Waals surface area contributed by atoms with Gasteiger partial charge in [0.05, 0.1) is 11.5 Å². The molecule has 16 heavy (non-hydrogen) atoms. The summed E-state index contributed by atoms with van der Waals surface area (Å²) in [4.78, 5) is 0.263. The van der Waals surface area contributed by atoms with Crippen molar-refractivity contribution >= 4 is 10.0 Å². The second-order valence-electron chi connectivity index (χ2n) is 3.47. The third-order valence-corrected chi connectivity index (χ3v) is 4.07. The number of likely N-dealkylation sites (N-methyl/N-ethyl adjacent to an activating group) is 1.